The Morgan fingerprint density at radius 1 is 1.14 bits per heavy atom. The van der Waals surface area contributed by atoms with Gasteiger partial charge in [0.15, 0.2) is 0 Å². The first-order chi connectivity index (χ1) is 13.5. The molecule has 0 fully saturated rings. The highest BCUT2D eigenvalue weighted by Crippen LogP contribution is 2.19. The number of carbonyl (C=O) groups is 1. The van der Waals surface area contributed by atoms with Crippen LogP contribution in [0.25, 0.3) is 11.3 Å². The van der Waals surface area contributed by atoms with Crippen LogP contribution in [0.5, 0.6) is 0 Å². The van der Waals surface area contributed by atoms with Crippen LogP contribution in [0.15, 0.2) is 54.6 Å². The number of aromatic amines is 1. The summed E-state index contributed by atoms with van der Waals surface area (Å²) in [7, 11) is 1.82. The van der Waals surface area contributed by atoms with E-state index in [1.54, 1.807) is 11.0 Å². The molecule has 3 aromatic rings. The first-order valence-corrected chi connectivity index (χ1v) is 9.68. The number of halogens is 2. The monoisotopic (exact) mass is 399 g/mol. The van der Waals surface area contributed by atoms with Crippen molar-refractivity contribution in [3.63, 3.8) is 0 Å². The fraction of sp³-hybridized carbons (Fsp3) is 0.273. The molecule has 1 amide bonds. The van der Waals surface area contributed by atoms with Gasteiger partial charge in [-0.1, -0.05) is 41.9 Å². The second-order valence-electron chi connectivity index (χ2n) is 6.80. The van der Waals surface area contributed by atoms with Gasteiger partial charge in [0.2, 0.25) is 5.91 Å². The molecule has 0 unspecified atom stereocenters. The molecule has 6 heteroatoms. The Bertz CT molecular complexity index is 941. The molecule has 0 aliphatic rings. The minimum Gasteiger partial charge on any atom is -0.346 e. The zero-order valence-corrected chi connectivity index (χ0v) is 16.5. The maximum absolute atomic E-state index is 13.3. The van der Waals surface area contributed by atoms with Crippen LogP contribution in [-0.2, 0) is 17.6 Å². The maximum Gasteiger partial charge on any atom is 0.222 e. The van der Waals surface area contributed by atoms with Crippen LogP contribution in [0.3, 0.4) is 0 Å². The lowest BCUT2D eigenvalue weighted by Gasteiger charge is -2.17. The summed E-state index contributed by atoms with van der Waals surface area (Å²) in [5.74, 6) is -0.177. The second-order valence-corrected chi connectivity index (χ2v) is 7.21. The predicted octanol–water partition coefficient (Wildman–Crippen LogP) is 4.89. The van der Waals surface area contributed by atoms with Gasteiger partial charge in [-0.15, -0.1) is 0 Å². The number of benzene rings is 2. The number of hydrogen-bond donors (Lipinski definition) is 1. The maximum atomic E-state index is 13.3. The quantitative estimate of drug-likeness (QED) is 0.586. The third-order valence-electron chi connectivity index (χ3n) is 4.68. The van der Waals surface area contributed by atoms with Crippen LogP contribution in [-0.4, -0.2) is 34.6 Å². The van der Waals surface area contributed by atoms with Crippen LogP contribution in [0.2, 0.25) is 5.02 Å². The number of hydrogen-bond acceptors (Lipinski definition) is 2. The van der Waals surface area contributed by atoms with Crippen molar-refractivity contribution < 1.29 is 9.18 Å². The highest BCUT2D eigenvalue weighted by atomic mass is 35.5. The molecule has 0 saturated carbocycles. The zero-order chi connectivity index (χ0) is 19.9. The number of carbonyl (C=O) groups excluding carboxylic acids is 1. The number of aryl methyl sites for hydroxylation is 2. The van der Waals surface area contributed by atoms with Crippen molar-refractivity contribution in [2.75, 3.05) is 13.6 Å². The van der Waals surface area contributed by atoms with Gasteiger partial charge in [-0.05, 0) is 49.1 Å². The van der Waals surface area contributed by atoms with E-state index in [1.165, 1.54) is 12.1 Å². The number of amides is 1. The van der Waals surface area contributed by atoms with E-state index in [0.717, 1.165) is 35.4 Å². The number of H-pyrrole nitrogens is 1. The standard InChI is InChI=1S/C22H23ClFN3O/c1-27(22(28)12-11-16-6-2-3-10-20(16)23)13-5-9-19-15-21(26-25-19)17-7-4-8-18(24)14-17/h2-4,6-8,10,14-15H,5,9,11-13H2,1H3,(H,25,26). The van der Waals surface area contributed by atoms with Crippen molar-refractivity contribution in [2.24, 2.45) is 0 Å². The first kappa shape index (κ1) is 20.1. The average molecular weight is 400 g/mol. The Morgan fingerprint density at radius 2 is 1.96 bits per heavy atom. The predicted molar refractivity (Wildman–Crippen MR) is 110 cm³/mol. The van der Waals surface area contributed by atoms with Crippen LogP contribution >= 0.6 is 11.6 Å². The lowest BCUT2D eigenvalue weighted by molar-refractivity contribution is -0.129. The molecule has 0 radical (unpaired) electrons. The Labute approximate surface area is 169 Å². The van der Waals surface area contributed by atoms with Crippen molar-refractivity contribution in [1.29, 1.82) is 0 Å². The van der Waals surface area contributed by atoms with E-state index >= 15 is 0 Å². The Kier molecular flexibility index (Phi) is 6.82. The molecule has 0 aliphatic carbocycles. The Hall–Kier alpha value is -2.66. The third kappa shape index (κ3) is 5.42. The summed E-state index contributed by atoms with van der Waals surface area (Å²) in [6, 6.07) is 15.9. The molecule has 1 heterocycles. The normalized spacial score (nSPS) is 10.8. The molecule has 0 spiro atoms. The van der Waals surface area contributed by atoms with Crippen LogP contribution < -0.4 is 0 Å². The van der Waals surface area contributed by atoms with E-state index in [1.807, 2.05) is 43.4 Å². The van der Waals surface area contributed by atoms with Crippen LogP contribution in [0.4, 0.5) is 4.39 Å². The topological polar surface area (TPSA) is 49.0 Å². The molecule has 28 heavy (non-hydrogen) atoms. The summed E-state index contributed by atoms with van der Waals surface area (Å²) in [6.45, 7) is 0.662. The lowest BCUT2D eigenvalue weighted by Crippen LogP contribution is -2.28. The number of nitrogens with zero attached hydrogens (tertiary/aromatic N) is 2. The summed E-state index contributed by atoms with van der Waals surface area (Å²) in [5, 5.41) is 7.94. The smallest absolute Gasteiger partial charge is 0.222 e. The minimum absolute atomic E-state index is 0.102. The Balaban J connectivity index is 1.44. The summed E-state index contributed by atoms with van der Waals surface area (Å²) in [4.78, 5) is 14.1. The fourth-order valence-electron chi connectivity index (χ4n) is 3.05. The van der Waals surface area contributed by atoms with E-state index < -0.39 is 0 Å². The minimum atomic E-state index is -0.279. The van der Waals surface area contributed by atoms with E-state index in [-0.39, 0.29) is 11.7 Å². The van der Waals surface area contributed by atoms with Crippen molar-refractivity contribution in [3.05, 3.63) is 76.7 Å². The van der Waals surface area contributed by atoms with Gasteiger partial charge in [-0.3, -0.25) is 9.89 Å². The van der Waals surface area contributed by atoms with Gasteiger partial charge in [-0.25, -0.2) is 4.39 Å². The van der Waals surface area contributed by atoms with Crippen molar-refractivity contribution >= 4 is 17.5 Å². The number of rotatable bonds is 8. The average Bonchev–Trinajstić information content (AvgIpc) is 3.16. The fourth-order valence-corrected chi connectivity index (χ4v) is 3.28. The molecular weight excluding hydrogens is 377 g/mol. The van der Waals surface area contributed by atoms with Crippen molar-refractivity contribution in [2.45, 2.75) is 25.7 Å². The summed E-state index contributed by atoms with van der Waals surface area (Å²) in [6.07, 6.45) is 2.66. The van der Waals surface area contributed by atoms with Crippen molar-refractivity contribution in [3.8, 4) is 11.3 Å². The van der Waals surface area contributed by atoms with Gasteiger partial charge >= 0.3 is 0 Å². The van der Waals surface area contributed by atoms with E-state index in [9.17, 15) is 9.18 Å². The van der Waals surface area contributed by atoms with Crippen molar-refractivity contribution in [1.82, 2.24) is 15.1 Å². The Morgan fingerprint density at radius 3 is 2.75 bits per heavy atom. The molecule has 1 N–H and O–H groups in total. The molecule has 1 aromatic heterocycles. The molecule has 0 bridgehead atoms. The van der Waals surface area contributed by atoms with Gasteiger partial charge < -0.3 is 4.90 Å². The summed E-state index contributed by atoms with van der Waals surface area (Å²) in [5.41, 5.74) is 3.43. The molecule has 2 aromatic carbocycles. The number of nitrogens with one attached hydrogen (secondary N) is 1. The van der Waals surface area contributed by atoms with Gasteiger partial charge in [0.25, 0.3) is 0 Å². The number of aromatic nitrogens is 2. The molecular formula is C22H23ClFN3O. The summed E-state index contributed by atoms with van der Waals surface area (Å²) < 4.78 is 13.3. The largest absolute Gasteiger partial charge is 0.346 e. The molecule has 4 nitrogen and oxygen atoms in total. The van der Waals surface area contributed by atoms with Gasteiger partial charge in [0, 0.05) is 36.3 Å². The molecule has 3 rings (SSSR count). The molecule has 0 saturated heterocycles. The molecule has 0 aliphatic heterocycles. The highest BCUT2D eigenvalue weighted by Gasteiger charge is 2.11. The second kappa shape index (κ2) is 9.51. The van der Waals surface area contributed by atoms with Gasteiger partial charge in [0.1, 0.15) is 5.82 Å². The van der Waals surface area contributed by atoms with Crippen LogP contribution in [0, 0.1) is 5.82 Å². The van der Waals surface area contributed by atoms with Gasteiger partial charge in [0.05, 0.1) is 5.69 Å². The molecule has 0 atom stereocenters. The summed E-state index contributed by atoms with van der Waals surface area (Å²) >= 11 is 6.14. The molecule has 146 valence electrons. The van der Waals surface area contributed by atoms with Gasteiger partial charge in [-0.2, -0.15) is 5.10 Å². The zero-order valence-electron chi connectivity index (χ0n) is 15.8. The first-order valence-electron chi connectivity index (χ1n) is 9.30. The van der Waals surface area contributed by atoms with Crippen LogP contribution in [0.1, 0.15) is 24.1 Å². The van der Waals surface area contributed by atoms with E-state index in [2.05, 4.69) is 10.2 Å². The SMILES string of the molecule is CN(CCCc1cc(-c2cccc(F)c2)n[nH]1)C(=O)CCc1ccccc1Cl. The lowest BCUT2D eigenvalue weighted by atomic mass is 10.1. The van der Waals surface area contributed by atoms with E-state index in [4.69, 9.17) is 11.6 Å². The van der Waals surface area contributed by atoms with E-state index in [0.29, 0.717) is 24.4 Å². The highest BCUT2D eigenvalue weighted by molar-refractivity contribution is 6.31. The third-order valence-corrected chi connectivity index (χ3v) is 5.05.